The summed E-state index contributed by atoms with van der Waals surface area (Å²) in [6, 6.07) is 1.76. The minimum absolute atomic E-state index is 0.227. The van der Waals surface area contributed by atoms with Crippen LogP contribution in [0, 0.1) is 0 Å². The molecule has 0 saturated carbocycles. The Labute approximate surface area is 139 Å². The highest BCUT2D eigenvalue weighted by Crippen LogP contribution is 2.13. The van der Waals surface area contributed by atoms with Crippen molar-refractivity contribution in [3.63, 3.8) is 0 Å². The van der Waals surface area contributed by atoms with Crippen LogP contribution in [0.5, 0.6) is 0 Å². The van der Waals surface area contributed by atoms with E-state index in [2.05, 4.69) is 39.3 Å². The molecule has 0 spiro atoms. The number of aromatic amines is 1. The Hall–Kier alpha value is -2.90. The van der Waals surface area contributed by atoms with Crippen molar-refractivity contribution in [3.05, 3.63) is 53.9 Å². The summed E-state index contributed by atoms with van der Waals surface area (Å²) in [6.07, 6.45) is 7.25. The van der Waals surface area contributed by atoms with Gasteiger partial charge in [-0.1, -0.05) is 13.8 Å². The Morgan fingerprint density at radius 3 is 2.79 bits per heavy atom. The number of rotatable bonds is 6. The van der Waals surface area contributed by atoms with Gasteiger partial charge in [-0.3, -0.25) is 9.89 Å². The average Bonchev–Trinajstić information content (AvgIpc) is 3.26. The van der Waals surface area contributed by atoms with Crippen molar-refractivity contribution in [2.75, 3.05) is 0 Å². The number of nitrogens with one attached hydrogen (secondary N) is 2. The molecular weight excluding hydrogens is 306 g/mol. The lowest BCUT2D eigenvalue weighted by molar-refractivity contribution is 0.0944. The number of amides is 1. The summed E-state index contributed by atoms with van der Waals surface area (Å²) in [5.41, 5.74) is 1.22. The fourth-order valence-corrected chi connectivity index (χ4v) is 2.51. The Bertz CT molecular complexity index is 827. The monoisotopic (exact) mass is 327 g/mol. The van der Waals surface area contributed by atoms with Gasteiger partial charge in [0.05, 0.1) is 18.8 Å². The van der Waals surface area contributed by atoms with Crippen molar-refractivity contribution < 1.29 is 4.79 Å². The van der Waals surface area contributed by atoms with Crippen LogP contribution in [0.3, 0.4) is 0 Å². The number of nitrogens with zero attached hydrogens (tertiary/aromatic N) is 5. The van der Waals surface area contributed by atoms with Crippen LogP contribution in [-0.2, 0) is 20.1 Å². The molecule has 0 atom stereocenters. The van der Waals surface area contributed by atoms with Gasteiger partial charge in [0.25, 0.3) is 5.91 Å². The molecule has 0 aromatic carbocycles. The summed E-state index contributed by atoms with van der Waals surface area (Å²) in [6.45, 7) is 5.17. The highest BCUT2D eigenvalue weighted by molar-refractivity contribution is 5.92. The van der Waals surface area contributed by atoms with Crippen molar-refractivity contribution in [2.45, 2.75) is 32.9 Å². The van der Waals surface area contributed by atoms with E-state index in [1.54, 1.807) is 18.5 Å². The van der Waals surface area contributed by atoms with Crippen LogP contribution in [0.25, 0.3) is 0 Å². The topological polar surface area (TPSA) is 93.4 Å². The summed E-state index contributed by atoms with van der Waals surface area (Å²) in [4.78, 5) is 20.7. The molecule has 0 aliphatic heterocycles. The lowest BCUT2D eigenvalue weighted by atomic mass is 10.2. The van der Waals surface area contributed by atoms with Crippen molar-refractivity contribution in [1.29, 1.82) is 0 Å². The van der Waals surface area contributed by atoms with E-state index in [4.69, 9.17) is 0 Å². The van der Waals surface area contributed by atoms with Crippen LogP contribution in [0.2, 0.25) is 0 Å². The minimum atomic E-state index is -0.227. The molecule has 0 aliphatic rings. The number of carbonyl (C=O) groups excluding carboxylic acids is 1. The van der Waals surface area contributed by atoms with E-state index >= 15 is 0 Å². The van der Waals surface area contributed by atoms with E-state index < -0.39 is 0 Å². The summed E-state index contributed by atoms with van der Waals surface area (Å²) in [5.74, 6) is 1.91. The van der Waals surface area contributed by atoms with E-state index in [1.165, 1.54) is 0 Å². The molecule has 0 bridgehead atoms. The Kier molecular flexibility index (Phi) is 4.45. The van der Waals surface area contributed by atoms with Gasteiger partial charge in [0.1, 0.15) is 17.3 Å². The lowest BCUT2D eigenvalue weighted by Gasteiger charge is -2.08. The first-order valence-electron chi connectivity index (χ1n) is 7.84. The highest BCUT2D eigenvalue weighted by Gasteiger charge is 2.13. The molecule has 8 nitrogen and oxygen atoms in total. The molecule has 1 amide bonds. The number of imidazole rings is 2. The predicted octanol–water partition coefficient (Wildman–Crippen LogP) is 1.44. The third kappa shape index (κ3) is 3.37. The van der Waals surface area contributed by atoms with Crippen LogP contribution in [0.1, 0.15) is 47.6 Å². The lowest BCUT2D eigenvalue weighted by Crippen LogP contribution is -2.24. The van der Waals surface area contributed by atoms with Crippen molar-refractivity contribution >= 4 is 5.91 Å². The molecule has 2 N–H and O–H groups in total. The summed E-state index contributed by atoms with van der Waals surface area (Å²) in [7, 11) is 1.89. The zero-order valence-corrected chi connectivity index (χ0v) is 14.0. The molecule has 0 fully saturated rings. The molecule has 3 rings (SSSR count). The van der Waals surface area contributed by atoms with Gasteiger partial charge < -0.3 is 14.5 Å². The standard InChI is InChI=1S/C16H21N7O/c1-11(2)15-18-5-7-23(15)10-12-8-13(21-20-12)16(24)19-9-14-17-4-6-22(14)3/h4-8,11H,9-10H2,1-3H3,(H,19,24)(H,20,21). The molecule has 0 radical (unpaired) electrons. The normalized spacial score (nSPS) is 11.2. The van der Waals surface area contributed by atoms with Crippen LogP contribution in [0.15, 0.2) is 30.9 Å². The number of carbonyl (C=O) groups is 1. The van der Waals surface area contributed by atoms with E-state index in [9.17, 15) is 4.79 Å². The molecule has 3 aromatic heterocycles. The van der Waals surface area contributed by atoms with E-state index in [1.807, 2.05) is 28.6 Å². The van der Waals surface area contributed by atoms with Crippen molar-refractivity contribution in [2.24, 2.45) is 7.05 Å². The van der Waals surface area contributed by atoms with Gasteiger partial charge in [-0.25, -0.2) is 9.97 Å². The van der Waals surface area contributed by atoms with Gasteiger partial charge in [0.15, 0.2) is 0 Å². The van der Waals surface area contributed by atoms with E-state index in [-0.39, 0.29) is 5.91 Å². The molecule has 0 saturated heterocycles. The third-order valence-electron chi connectivity index (χ3n) is 3.80. The molecule has 3 heterocycles. The number of aromatic nitrogens is 6. The SMILES string of the molecule is CC(C)c1nccn1Cc1cc(C(=O)NCc2nccn2C)n[nH]1. The average molecular weight is 327 g/mol. The second kappa shape index (κ2) is 6.69. The number of H-pyrrole nitrogens is 1. The molecule has 0 unspecified atom stereocenters. The fourth-order valence-electron chi connectivity index (χ4n) is 2.51. The van der Waals surface area contributed by atoms with Gasteiger partial charge in [-0.15, -0.1) is 0 Å². The van der Waals surface area contributed by atoms with Crippen LogP contribution < -0.4 is 5.32 Å². The third-order valence-corrected chi connectivity index (χ3v) is 3.80. The molecule has 3 aromatic rings. The Morgan fingerprint density at radius 1 is 1.29 bits per heavy atom. The first-order valence-corrected chi connectivity index (χ1v) is 7.84. The van der Waals surface area contributed by atoms with Crippen LogP contribution in [0.4, 0.5) is 0 Å². The Balaban J connectivity index is 1.63. The first kappa shape index (κ1) is 16.0. The smallest absolute Gasteiger partial charge is 0.272 e. The van der Waals surface area contributed by atoms with Gasteiger partial charge in [-0.2, -0.15) is 5.10 Å². The van der Waals surface area contributed by atoms with Gasteiger partial charge in [0, 0.05) is 37.8 Å². The highest BCUT2D eigenvalue weighted by atomic mass is 16.1. The maximum Gasteiger partial charge on any atom is 0.272 e. The largest absolute Gasteiger partial charge is 0.343 e. The second-order valence-corrected chi connectivity index (χ2v) is 5.98. The van der Waals surface area contributed by atoms with Gasteiger partial charge in [-0.05, 0) is 6.07 Å². The molecule has 24 heavy (non-hydrogen) atoms. The summed E-state index contributed by atoms with van der Waals surface area (Å²) in [5, 5.41) is 9.83. The maximum absolute atomic E-state index is 12.2. The molecule has 0 aliphatic carbocycles. The van der Waals surface area contributed by atoms with E-state index in [0.29, 0.717) is 24.7 Å². The van der Waals surface area contributed by atoms with Gasteiger partial charge >= 0.3 is 0 Å². The summed E-state index contributed by atoms with van der Waals surface area (Å²) < 4.78 is 3.91. The number of hydrogen-bond donors (Lipinski definition) is 2. The van der Waals surface area contributed by atoms with Crippen molar-refractivity contribution in [3.8, 4) is 0 Å². The number of hydrogen-bond acceptors (Lipinski definition) is 4. The zero-order valence-electron chi connectivity index (χ0n) is 14.0. The summed E-state index contributed by atoms with van der Waals surface area (Å²) >= 11 is 0. The van der Waals surface area contributed by atoms with E-state index in [0.717, 1.165) is 17.3 Å². The second-order valence-electron chi connectivity index (χ2n) is 5.98. The minimum Gasteiger partial charge on any atom is -0.343 e. The molecule has 126 valence electrons. The van der Waals surface area contributed by atoms with Crippen LogP contribution >= 0.6 is 0 Å². The van der Waals surface area contributed by atoms with Gasteiger partial charge in [0.2, 0.25) is 0 Å². The fraction of sp³-hybridized carbons (Fsp3) is 0.375. The molecule has 8 heteroatoms. The quantitative estimate of drug-likeness (QED) is 0.716. The van der Waals surface area contributed by atoms with Crippen molar-refractivity contribution in [1.82, 2.24) is 34.6 Å². The molecular formula is C16H21N7O. The predicted molar refractivity (Wildman–Crippen MR) is 88.4 cm³/mol. The van der Waals surface area contributed by atoms with Crippen LogP contribution in [-0.4, -0.2) is 35.2 Å². The Morgan fingerprint density at radius 2 is 2.08 bits per heavy atom. The zero-order chi connectivity index (χ0) is 17.1. The number of aryl methyl sites for hydroxylation is 1. The first-order chi connectivity index (χ1) is 11.5. The maximum atomic E-state index is 12.2.